The van der Waals surface area contributed by atoms with Crippen LogP contribution in [0.4, 0.5) is 4.39 Å². The van der Waals surface area contributed by atoms with Crippen molar-refractivity contribution in [2.24, 2.45) is 0 Å². The third kappa shape index (κ3) is 3.90. The molecular formula is C15H18FN3O4S. The number of benzene rings is 1. The minimum Gasteiger partial charge on any atom is -0.392 e. The second-order valence-corrected chi connectivity index (χ2v) is 7.60. The van der Waals surface area contributed by atoms with Crippen molar-refractivity contribution in [3.8, 4) is 6.07 Å². The molecule has 2 rings (SSSR count). The number of amides is 1. The van der Waals surface area contributed by atoms with Gasteiger partial charge in [0.1, 0.15) is 11.9 Å². The van der Waals surface area contributed by atoms with E-state index in [1.807, 2.05) is 6.07 Å². The highest BCUT2D eigenvalue weighted by Gasteiger charge is 2.43. The van der Waals surface area contributed by atoms with Crippen LogP contribution in [-0.4, -0.2) is 48.5 Å². The topological polar surface area (TPSA) is 110 Å². The number of halogens is 1. The fourth-order valence-corrected chi connectivity index (χ4v) is 4.19. The monoisotopic (exact) mass is 355 g/mol. The first-order valence-electron chi connectivity index (χ1n) is 7.38. The Labute approximate surface area is 139 Å². The molecule has 0 unspecified atom stereocenters. The summed E-state index contributed by atoms with van der Waals surface area (Å²) in [6.07, 6.45) is -0.917. The number of aliphatic hydroxyl groups is 1. The van der Waals surface area contributed by atoms with Gasteiger partial charge in [-0.15, -0.1) is 0 Å². The maximum absolute atomic E-state index is 13.0. The summed E-state index contributed by atoms with van der Waals surface area (Å²) in [6.45, 7) is 1.41. The first-order chi connectivity index (χ1) is 11.3. The van der Waals surface area contributed by atoms with Crippen LogP contribution in [0.3, 0.4) is 0 Å². The van der Waals surface area contributed by atoms with Crippen LogP contribution >= 0.6 is 0 Å². The second-order valence-electron chi connectivity index (χ2n) is 5.71. The number of β-amino-alcohol motifs (C(OH)–C–C–N with tert-alkyl or cyclic N) is 1. The molecule has 1 aromatic carbocycles. The molecule has 130 valence electrons. The molecule has 24 heavy (non-hydrogen) atoms. The van der Waals surface area contributed by atoms with Gasteiger partial charge in [0.2, 0.25) is 15.9 Å². The summed E-state index contributed by atoms with van der Waals surface area (Å²) in [4.78, 5) is 12.2. The molecule has 2 N–H and O–H groups in total. The van der Waals surface area contributed by atoms with Crippen LogP contribution < -0.4 is 5.32 Å². The average Bonchev–Trinajstić information content (AvgIpc) is 2.91. The predicted molar refractivity (Wildman–Crippen MR) is 82.5 cm³/mol. The number of hydrogen-bond donors (Lipinski definition) is 2. The van der Waals surface area contributed by atoms with Gasteiger partial charge in [-0.25, -0.2) is 12.8 Å². The summed E-state index contributed by atoms with van der Waals surface area (Å²) in [7, 11) is -4.05. The van der Waals surface area contributed by atoms with E-state index in [2.05, 4.69) is 5.32 Å². The summed E-state index contributed by atoms with van der Waals surface area (Å²) < 4.78 is 39.3. The molecule has 0 bridgehead atoms. The second kappa shape index (κ2) is 7.25. The fourth-order valence-electron chi connectivity index (χ4n) is 2.56. The molecule has 0 aliphatic carbocycles. The number of nitrogens with one attached hydrogen (secondary N) is 1. The third-order valence-corrected chi connectivity index (χ3v) is 5.63. The van der Waals surface area contributed by atoms with Gasteiger partial charge in [-0.3, -0.25) is 4.79 Å². The van der Waals surface area contributed by atoms with Crippen LogP contribution in [0.2, 0.25) is 0 Å². The lowest BCUT2D eigenvalue weighted by molar-refractivity contribution is -0.124. The summed E-state index contributed by atoms with van der Waals surface area (Å²) in [5.41, 5.74) is 0. The number of sulfonamides is 1. The number of hydrogen-bond acceptors (Lipinski definition) is 5. The van der Waals surface area contributed by atoms with Crippen molar-refractivity contribution >= 4 is 15.9 Å². The molecule has 1 aliphatic rings. The zero-order valence-corrected chi connectivity index (χ0v) is 13.8. The summed E-state index contributed by atoms with van der Waals surface area (Å²) in [6, 6.07) is 4.67. The lowest BCUT2D eigenvalue weighted by atomic mass is 10.1. The van der Waals surface area contributed by atoms with Gasteiger partial charge >= 0.3 is 0 Å². The van der Waals surface area contributed by atoms with Crippen LogP contribution in [-0.2, 0) is 14.8 Å². The van der Waals surface area contributed by atoms with E-state index in [1.54, 1.807) is 6.92 Å². The molecule has 7 nitrogen and oxygen atoms in total. The van der Waals surface area contributed by atoms with Crippen LogP contribution in [0.5, 0.6) is 0 Å². The Bertz CT molecular complexity index is 745. The van der Waals surface area contributed by atoms with Gasteiger partial charge in [-0.2, -0.15) is 9.57 Å². The van der Waals surface area contributed by atoms with Crippen molar-refractivity contribution in [3.05, 3.63) is 30.1 Å². The van der Waals surface area contributed by atoms with E-state index >= 15 is 0 Å². The van der Waals surface area contributed by atoms with E-state index in [4.69, 9.17) is 5.26 Å². The SMILES string of the molecule is C[C@@H](CC#N)NC(=O)[C@@H]1C[C@@H](O)CN1S(=O)(=O)c1ccc(F)cc1. The highest BCUT2D eigenvalue weighted by atomic mass is 32.2. The lowest BCUT2D eigenvalue weighted by Gasteiger charge is -2.24. The van der Waals surface area contributed by atoms with E-state index < -0.39 is 39.9 Å². The Morgan fingerprint density at radius 2 is 2.12 bits per heavy atom. The van der Waals surface area contributed by atoms with Gasteiger partial charge in [0, 0.05) is 19.0 Å². The maximum atomic E-state index is 13.0. The molecule has 9 heteroatoms. The van der Waals surface area contributed by atoms with Crippen LogP contribution in [0.15, 0.2) is 29.2 Å². The number of nitrogens with zero attached hydrogens (tertiary/aromatic N) is 2. The van der Waals surface area contributed by atoms with Gasteiger partial charge < -0.3 is 10.4 Å². The average molecular weight is 355 g/mol. The van der Waals surface area contributed by atoms with Crippen LogP contribution in [0.1, 0.15) is 19.8 Å². The van der Waals surface area contributed by atoms with E-state index in [1.165, 1.54) is 0 Å². The standard InChI is InChI=1S/C15H18FN3O4S/c1-10(6-7-17)18-15(21)14-8-12(20)9-19(14)24(22,23)13-4-2-11(16)3-5-13/h2-5,10,12,14,20H,6,8-9H2,1H3,(H,18,21)/t10-,12+,14-/m0/s1. The number of carbonyl (C=O) groups excluding carboxylic acids is 1. The molecule has 1 amide bonds. The highest BCUT2D eigenvalue weighted by molar-refractivity contribution is 7.89. The quantitative estimate of drug-likeness (QED) is 0.793. The summed E-state index contributed by atoms with van der Waals surface area (Å²) in [5, 5.41) is 21.0. The Kier molecular flexibility index (Phi) is 5.54. The molecule has 1 aromatic rings. The normalized spacial score (nSPS) is 22.8. The molecule has 0 aromatic heterocycles. The summed E-state index contributed by atoms with van der Waals surface area (Å²) >= 11 is 0. The first kappa shape index (κ1) is 18.3. The maximum Gasteiger partial charge on any atom is 0.243 e. The van der Waals surface area contributed by atoms with Gasteiger partial charge in [0.15, 0.2) is 0 Å². The molecule has 1 aliphatic heterocycles. The molecule has 0 spiro atoms. The summed E-state index contributed by atoms with van der Waals surface area (Å²) in [5.74, 6) is -1.14. The van der Waals surface area contributed by atoms with Crippen molar-refractivity contribution < 1.29 is 22.7 Å². The van der Waals surface area contributed by atoms with Crippen molar-refractivity contribution in [2.75, 3.05) is 6.54 Å². The van der Waals surface area contributed by atoms with E-state index in [0.717, 1.165) is 28.6 Å². The predicted octanol–water partition coefficient (Wildman–Crippen LogP) is 0.368. The molecule has 1 fully saturated rings. The largest absolute Gasteiger partial charge is 0.392 e. The fraction of sp³-hybridized carbons (Fsp3) is 0.467. The Morgan fingerprint density at radius 3 is 2.71 bits per heavy atom. The van der Waals surface area contributed by atoms with Crippen molar-refractivity contribution in [1.29, 1.82) is 5.26 Å². The number of carbonyl (C=O) groups is 1. The van der Waals surface area contributed by atoms with Gasteiger partial charge in [0.25, 0.3) is 0 Å². The van der Waals surface area contributed by atoms with Crippen molar-refractivity contribution in [2.45, 2.75) is 42.8 Å². The van der Waals surface area contributed by atoms with E-state index in [9.17, 15) is 22.7 Å². The Hall–Kier alpha value is -2.02. The van der Waals surface area contributed by atoms with Crippen LogP contribution in [0.25, 0.3) is 0 Å². The number of aliphatic hydroxyl groups excluding tert-OH is 1. The molecular weight excluding hydrogens is 337 g/mol. The molecule has 0 saturated carbocycles. The van der Waals surface area contributed by atoms with Crippen molar-refractivity contribution in [1.82, 2.24) is 9.62 Å². The van der Waals surface area contributed by atoms with Crippen LogP contribution in [0, 0.1) is 17.1 Å². The lowest BCUT2D eigenvalue weighted by Crippen LogP contribution is -2.48. The Morgan fingerprint density at radius 1 is 1.50 bits per heavy atom. The molecule has 1 heterocycles. The minimum atomic E-state index is -4.05. The zero-order chi connectivity index (χ0) is 17.9. The van der Waals surface area contributed by atoms with Gasteiger partial charge in [-0.1, -0.05) is 0 Å². The van der Waals surface area contributed by atoms with Gasteiger partial charge in [0.05, 0.1) is 23.5 Å². The number of nitriles is 1. The minimum absolute atomic E-state index is 0.0362. The highest BCUT2D eigenvalue weighted by Crippen LogP contribution is 2.26. The van der Waals surface area contributed by atoms with E-state index in [-0.39, 0.29) is 24.3 Å². The molecule has 1 saturated heterocycles. The van der Waals surface area contributed by atoms with Gasteiger partial charge in [-0.05, 0) is 31.2 Å². The molecule has 0 radical (unpaired) electrons. The third-order valence-electron chi connectivity index (χ3n) is 3.74. The van der Waals surface area contributed by atoms with E-state index in [0.29, 0.717) is 0 Å². The number of rotatable bonds is 5. The Balaban J connectivity index is 2.25. The smallest absolute Gasteiger partial charge is 0.243 e. The first-order valence-corrected chi connectivity index (χ1v) is 8.82. The van der Waals surface area contributed by atoms with Crippen molar-refractivity contribution in [3.63, 3.8) is 0 Å². The zero-order valence-electron chi connectivity index (χ0n) is 13.0. The molecule has 3 atom stereocenters.